The van der Waals surface area contributed by atoms with Gasteiger partial charge in [0.15, 0.2) is 0 Å². The lowest BCUT2D eigenvalue weighted by molar-refractivity contribution is -0.145. The molecule has 2 unspecified atom stereocenters. The van der Waals surface area contributed by atoms with Crippen LogP contribution in [0.15, 0.2) is 17.3 Å². The van der Waals surface area contributed by atoms with Gasteiger partial charge in [0, 0.05) is 5.56 Å². The molecule has 0 amide bonds. The summed E-state index contributed by atoms with van der Waals surface area (Å²) in [7, 11) is 1.39. The standard InChI is InChI=1S/C15H19NO3/c1-8-6-9(2)12(10(3)7-8)14-13(15(17)18-5)11(4)19-16-14/h6-7,11,13H,1-5H3. The van der Waals surface area contributed by atoms with Crippen LogP contribution in [-0.4, -0.2) is 24.9 Å². The summed E-state index contributed by atoms with van der Waals surface area (Å²) in [5.74, 6) is -0.756. The van der Waals surface area contributed by atoms with Crippen LogP contribution >= 0.6 is 0 Å². The molecule has 2 rings (SSSR count). The Bertz CT molecular complexity index is 525. The monoisotopic (exact) mass is 261 g/mol. The number of hydrogen-bond donors (Lipinski definition) is 0. The summed E-state index contributed by atoms with van der Waals surface area (Å²) in [6.07, 6.45) is -0.289. The van der Waals surface area contributed by atoms with E-state index >= 15 is 0 Å². The SMILES string of the molecule is COC(=O)C1C(c2c(C)cc(C)cc2C)=NOC1C. The van der Waals surface area contributed by atoms with Crippen LogP contribution in [0.25, 0.3) is 0 Å². The van der Waals surface area contributed by atoms with Crippen LogP contribution < -0.4 is 0 Å². The van der Waals surface area contributed by atoms with Gasteiger partial charge in [-0.1, -0.05) is 22.9 Å². The zero-order valence-corrected chi connectivity index (χ0v) is 12.0. The number of esters is 1. The van der Waals surface area contributed by atoms with Crippen LogP contribution in [0.2, 0.25) is 0 Å². The first-order valence-corrected chi connectivity index (χ1v) is 6.35. The number of nitrogens with zero attached hydrogens (tertiary/aromatic N) is 1. The van der Waals surface area contributed by atoms with E-state index in [9.17, 15) is 4.79 Å². The number of rotatable bonds is 2. The van der Waals surface area contributed by atoms with E-state index in [1.165, 1.54) is 12.7 Å². The molecule has 0 saturated heterocycles. The van der Waals surface area contributed by atoms with Crippen molar-refractivity contribution in [3.05, 3.63) is 34.4 Å². The first-order valence-electron chi connectivity index (χ1n) is 6.35. The highest BCUT2D eigenvalue weighted by atomic mass is 16.6. The van der Waals surface area contributed by atoms with Crippen molar-refractivity contribution in [3.63, 3.8) is 0 Å². The molecule has 1 aliphatic heterocycles. The molecule has 19 heavy (non-hydrogen) atoms. The molecule has 1 aromatic carbocycles. The van der Waals surface area contributed by atoms with E-state index in [0.717, 1.165) is 16.7 Å². The largest absolute Gasteiger partial charge is 0.468 e. The molecule has 0 N–H and O–H groups in total. The molecule has 0 bridgehead atoms. The van der Waals surface area contributed by atoms with Crippen LogP contribution in [0.4, 0.5) is 0 Å². The summed E-state index contributed by atoms with van der Waals surface area (Å²) in [6.45, 7) is 7.93. The molecule has 4 nitrogen and oxygen atoms in total. The van der Waals surface area contributed by atoms with Crippen LogP contribution in [0.5, 0.6) is 0 Å². The predicted molar refractivity (Wildman–Crippen MR) is 73.2 cm³/mol. The van der Waals surface area contributed by atoms with Crippen molar-refractivity contribution in [1.82, 2.24) is 0 Å². The van der Waals surface area contributed by atoms with Crippen molar-refractivity contribution in [2.45, 2.75) is 33.8 Å². The fourth-order valence-electron chi connectivity index (χ4n) is 2.70. The number of benzene rings is 1. The topological polar surface area (TPSA) is 47.9 Å². The van der Waals surface area contributed by atoms with E-state index in [1.807, 2.05) is 20.8 Å². The molecule has 1 aliphatic rings. The van der Waals surface area contributed by atoms with Gasteiger partial charge in [-0.05, 0) is 38.8 Å². The lowest BCUT2D eigenvalue weighted by Crippen LogP contribution is -2.31. The number of carbonyl (C=O) groups excluding carboxylic acids is 1. The van der Waals surface area contributed by atoms with Crippen molar-refractivity contribution < 1.29 is 14.4 Å². The number of ether oxygens (including phenoxy) is 1. The third-order valence-corrected chi connectivity index (χ3v) is 3.47. The summed E-state index contributed by atoms with van der Waals surface area (Å²) in [4.78, 5) is 17.2. The highest BCUT2D eigenvalue weighted by Gasteiger charge is 2.39. The van der Waals surface area contributed by atoms with Crippen LogP contribution in [0.1, 0.15) is 29.2 Å². The maximum Gasteiger partial charge on any atom is 0.318 e. The Morgan fingerprint density at radius 1 is 1.26 bits per heavy atom. The van der Waals surface area contributed by atoms with E-state index in [2.05, 4.69) is 24.2 Å². The molecule has 1 heterocycles. The van der Waals surface area contributed by atoms with Gasteiger partial charge in [0.2, 0.25) is 0 Å². The second-order valence-electron chi connectivity index (χ2n) is 5.06. The number of hydrogen-bond acceptors (Lipinski definition) is 4. The third-order valence-electron chi connectivity index (χ3n) is 3.47. The summed E-state index contributed by atoms with van der Waals surface area (Å²) in [5.41, 5.74) is 5.06. The van der Waals surface area contributed by atoms with Gasteiger partial charge in [0.1, 0.15) is 17.7 Å². The van der Waals surface area contributed by atoms with E-state index in [-0.39, 0.29) is 12.1 Å². The lowest BCUT2D eigenvalue weighted by Gasteiger charge is -2.16. The van der Waals surface area contributed by atoms with Crippen LogP contribution in [0, 0.1) is 26.7 Å². The van der Waals surface area contributed by atoms with Crippen molar-refractivity contribution in [1.29, 1.82) is 0 Å². The fraction of sp³-hybridized carbons (Fsp3) is 0.467. The Morgan fingerprint density at radius 2 is 1.84 bits per heavy atom. The van der Waals surface area contributed by atoms with E-state index in [0.29, 0.717) is 5.71 Å². The highest BCUT2D eigenvalue weighted by molar-refractivity contribution is 6.14. The van der Waals surface area contributed by atoms with Crippen molar-refractivity contribution in [2.24, 2.45) is 11.1 Å². The second kappa shape index (κ2) is 5.03. The molecule has 0 fully saturated rings. The van der Waals surface area contributed by atoms with Gasteiger partial charge in [-0.15, -0.1) is 0 Å². The van der Waals surface area contributed by atoms with Crippen molar-refractivity contribution in [2.75, 3.05) is 7.11 Å². The highest BCUT2D eigenvalue weighted by Crippen LogP contribution is 2.28. The smallest absolute Gasteiger partial charge is 0.318 e. The number of methoxy groups -OCH3 is 1. The first-order chi connectivity index (χ1) is 8.95. The zero-order chi connectivity index (χ0) is 14.2. The Labute approximate surface area is 113 Å². The van der Waals surface area contributed by atoms with E-state index < -0.39 is 5.92 Å². The quantitative estimate of drug-likeness (QED) is 0.769. The Hall–Kier alpha value is -1.84. The molecule has 102 valence electrons. The summed E-state index contributed by atoms with van der Waals surface area (Å²) < 4.78 is 4.86. The molecule has 0 spiro atoms. The average molecular weight is 261 g/mol. The second-order valence-corrected chi connectivity index (χ2v) is 5.06. The van der Waals surface area contributed by atoms with Gasteiger partial charge < -0.3 is 9.57 Å². The van der Waals surface area contributed by atoms with E-state index in [4.69, 9.17) is 9.57 Å². The molecule has 1 aromatic rings. The Morgan fingerprint density at radius 3 is 2.37 bits per heavy atom. The van der Waals surface area contributed by atoms with Crippen LogP contribution in [-0.2, 0) is 14.4 Å². The van der Waals surface area contributed by atoms with Gasteiger partial charge in [-0.3, -0.25) is 4.79 Å². The molecule has 0 saturated carbocycles. The number of oxime groups is 1. The molecule has 0 aromatic heterocycles. The molecule has 4 heteroatoms. The lowest BCUT2D eigenvalue weighted by atomic mass is 9.87. The zero-order valence-electron chi connectivity index (χ0n) is 12.0. The molecular formula is C15H19NO3. The molecule has 0 aliphatic carbocycles. The molecule has 0 radical (unpaired) electrons. The van der Waals surface area contributed by atoms with Crippen LogP contribution in [0.3, 0.4) is 0 Å². The average Bonchev–Trinajstić information content (AvgIpc) is 2.69. The van der Waals surface area contributed by atoms with Crippen molar-refractivity contribution in [3.8, 4) is 0 Å². The molecule has 2 atom stereocenters. The van der Waals surface area contributed by atoms with Gasteiger partial charge >= 0.3 is 5.97 Å². The Kier molecular flexibility index (Phi) is 3.60. The summed E-state index contributed by atoms with van der Waals surface area (Å²) >= 11 is 0. The summed E-state index contributed by atoms with van der Waals surface area (Å²) in [6, 6.07) is 4.17. The third kappa shape index (κ3) is 2.35. The first kappa shape index (κ1) is 13.6. The maximum absolute atomic E-state index is 11.9. The molecular weight excluding hydrogens is 242 g/mol. The van der Waals surface area contributed by atoms with Gasteiger partial charge in [0.25, 0.3) is 0 Å². The Balaban J connectivity index is 2.50. The van der Waals surface area contributed by atoms with Gasteiger partial charge in [-0.2, -0.15) is 0 Å². The minimum Gasteiger partial charge on any atom is -0.468 e. The van der Waals surface area contributed by atoms with Gasteiger partial charge in [-0.25, -0.2) is 0 Å². The number of aryl methyl sites for hydroxylation is 3. The fourth-order valence-corrected chi connectivity index (χ4v) is 2.70. The summed E-state index contributed by atoms with van der Waals surface area (Å²) in [5, 5.41) is 4.10. The van der Waals surface area contributed by atoms with E-state index in [1.54, 1.807) is 0 Å². The van der Waals surface area contributed by atoms with Crippen molar-refractivity contribution >= 4 is 11.7 Å². The maximum atomic E-state index is 11.9. The minimum atomic E-state index is -0.454. The normalized spacial score (nSPS) is 21.8. The number of carbonyl (C=O) groups is 1. The van der Waals surface area contributed by atoms with Gasteiger partial charge in [0.05, 0.1) is 7.11 Å². The predicted octanol–water partition coefficient (Wildman–Crippen LogP) is 2.52. The minimum absolute atomic E-state index is 0.289.